The van der Waals surface area contributed by atoms with E-state index in [1.54, 1.807) is 12.4 Å². The van der Waals surface area contributed by atoms with Gasteiger partial charge in [0, 0.05) is 6.20 Å². The summed E-state index contributed by atoms with van der Waals surface area (Å²) in [5.74, 6) is 0. The van der Waals surface area contributed by atoms with Gasteiger partial charge in [0.05, 0.1) is 18.1 Å². The number of fused-ring (bicyclic) bond motifs is 1. The maximum Gasteiger partial charge on any atom is 0.203 e. The normalized spacial score (nSPS) is 10.8. The van der Waals surface area contributed by atoms with E-state index >= 15 is 0 Å². The molecule has 6 nitrogen and oxygen atoms in total. The van der Waals surface area contributed by atoms with Crippen LogP contribution in [0.25, 0.3) is 5.65 Å². The van der Waals surface area contributed by atoms with E-state index in [0.29, 0.717) is 10.8 Å². The smallest absolute Gasteiger partial charge is 0.203 e. The molecule has 0 fully saturated rings. The first kappa shape index (κ1) is 10.0. The van der Waals surface area contributed by atoms with Crippen molar-refractivity contribution in [3.63, 3.8) is 0 Å². The van der Waals surface area contributed by atoms with E-state index in [2.05, 4.69) is 20.2 Å². The number of hydrogen-bond acceptors (Lipinski definition) is 6. The standard InChI is InChI=1S/C10H8N6S/c11-7-5-12-9(13-6-7)17-10-15-14-8-3-1-2-4-16(8)10/h1-6H,11H2. The molecule has 0 spiro atoms. The Labute approximate surface area is 101 Å². The number of nitrogens with zero attached hydrogens (tertiary/aromatic N) is 5. The third-order valence-corrected chi connectivity index (χ3v) is 2.97. The van der Waals surface area contributed by atoms with Gasteiger partial charge >= 0.3 is 0 Å². The van der Waals surface area contributed by atoms with Gasteiger partial charge in [-0.2, -0.15) is 0 Å². The lowest BCUT2D eigenvalue weighted by Crippen LogP contribution is -1.92. The number of nitrogens with two attached hydrogens (primary N) is 1. The molecule has 0 saturated heterocycles. The Hall–Kier alpha value is -2.15. The number of rotatable bonds is 2. The Bertz CT molecular complexity index is 647. The summed E-state index contributed by atoms with van der Waals surface area (Å²) in [5, 5.41) is 9.44. The van der Waals surface area contributed by atoms with Crippen molar-refractivity contribution in [3.8, 4) is 0 Å². The van der Waals surface area contributed by atoms with Crippen molar-refractivity contribution in [3.05, 3.63) is 36.8 Å². The van der Waals surface area contributed by atoms with Gasteiger partial charge in [0.2, 0.25) is 5.16 Å². The Morgan fingerprint density at radius 1 is 1.12 bits per heavy atom. The van der Waals surface area contributed by atoms with Gasteiger partial charge in [-0.05, 0) is 23.9 Å². The second kappa shape index (κ2) is 4.02. The maximum atomic E-state index is 5.52. The molecular formula is C10H8N6S. The van der Waals surface area contributed by atoms with E-state index in [1.165, 1.54) is 11.8 Å². The monoisotopic (exact) mass is 244 g/mol. The zero-order valence-electron chi connectivity index (χ0n) is 8.69. The van der Waals surface area contributed by atoms with E-state index in [4.69, 9.17) is 5.73 Å². The summed E-state index contributed by atoms with van der Waals surface area (Å²) in [6.07, 6.45) is 5.03. The lowest BCUT2D eigenvalue weighted by Gasteiger charge is -1.98. The van der Waals surface area contributed by atoms with Crippen LogP contribution in [0.4, 0.5) is 5.69 Å². The highest BCUT2D eigenvalue weighted by atomic mass is 32.2. The molecule has 3 heterocycles. The molecule has 2 N–H and O–H groups in total. The first-order valence-corrected chi connectivity index (χ1v) is 5.70. The van der Waals surface area contributed by atoms with Crippen molar-refractivity contribution in [2.24, 2.45) is 0 Å². The molecule has 0 aliphatic heterocycles. The fraction of sp³-hybridized carbons (Fsp3) is 0. The average Bonchev–Trinajstić information content (AvgIpc) is 2.76. The predicted molar refractivity (Wildman–Crippen MR) is 63.6 cm³/mol. The SMILES string of the molecule is Nc1cnc(Sc2nnc3ccccn23)nc1. The molecule has 3 rings (SSSR count). The third kappa shape index (κ3) is 1.92. The second-order valence-corrected chi connectivity index (χ2v) is 4.25. The largest absolute Gasteiger partial charge is 0.396 e. The summed E-state index contributed by atoms with van der Waals surface area (Å²) in [4.78, 5) is 8.21. The van der Waals surface area contributed by atoms with Crippen LogP contribution in [0, 0.1) is 0 Å². The van der Waals surface area contributed by atoms with Gasteiger partial charge in [0.25, 0.3) is 0 Å². The molecule has 0 saturated carbocycles. The molecule has 0 atom stereocenters. The van der Waals surface area contributed by atoms with E-state index < -0.39 is 0 Å². The van der Waals surface area contributed by atoms with Crippen molar-refractivity contribution >= 4 is 23.1 Å². The number of pyridine rings is 1. The lowest BCUT2D eigenvalue weighted by molar-refractivity contribution is 0.900. The molecule has 0 unspecified atom stereocenters. The number of anilines is 1. The minimum atomic E-state index is 0.542. The van der Waals surface area contributed by atoms with Crippen LogP contribution in [0.5, 0.6) is 0 Å². The minimum absolute atomic E-state index is 0.542. The number of hydrogen-bond donors (Lipinski definition) is 1. The molecule has 3 aromatic heterocycles. The van der Waals surface area contributed by atoms with Crippen LogP contribution in [0.3, 0.4) is 0 Å². The van der Waals surface area contributed by atoms with E-state index in [9.17, 15) is 0 Å². The molecule has 17 heavy (non-hydrogen) atoms. The average molecular weight is 244 g/mol. The summed E-state index contributed by atoms with van der Waals surface area (Å²) in [6, 6.07) is 5.73. The molecule has 0 aliphatic rings. The van der Waals surface area contributed by atoms with Gasteiger partial charge in [0.15, 0.2) is 10.8 Å². The van der Waals surface area contributed by atoms with Gasteiger partial charge in [-0.25, -0.2) is 9.97 Å². The molecule has 0 aromatic carbocycles. The molecule has 0 radical (unpaired) electrons. The Morgan fingerprint density at radius 3 is 2.76 bits per heavy atom. The highest BCUT2D eigenvalue weighted by Gasteiger charge is 2.07. The maximum absolute atomic E-state index is 5.52. The molecule has 7 heteroatoms. The zero-order chi connectivity index (χ0) is 11.7. The van der Waals surface area contributed by atoms with E-state index in [-0.39, 0.29) is 0 Å². The molecule has 0 aliphatic carbocycles. The molecule has 0 amide bonds. The third-order valence-electron chi connectivity index (χ3n) is 2.11. The Balaban J connectivity index is 1.97. The summed E-state index contributed by atoms with van der Waals surface area (Å²) in [7, 11) is 0. The molecule has 84 valence electrons. The van der Waals surface area contributed by atoms with Gasteiger partial charge < -0.3 is 5.73 Å². The van der Waals surface area contributed by atoms with Crippen molar-refractivity contribution in [2.75, 3.05) is 5.73 Å². The second-order valence-electron chi connectivity index (χ2n) is 3.31. The minimum Gasteiger partial charge on any atom is -0.396 e. The molecule has 0 bridgehead atoms. The van der Waals surface area contributed by atoms with Crippen molar-refractivity contribution in [1.29, 1.82) is 0 Å². The summed E-state index contributed by atoms with van der Waals surface area (Å²) < 4.78 is 1.88. The summed E-state index contributed by atoms with van der Waals surface area (Å²) >= 11 is 1.34. The quantitative estimate of drug-likeness (QED) is 0.683. The Kier molecular flexibility index (Phi) is 2.37. The van der Waals surface area contributed by atoms with Crippen LogP contribution in [0.2, 0.25) is 0 Å². The molecule has 3 aromatic rings. The van der Waals surface area contributed by atoms with Gasteiger partial charge in [-0.15, -0.1) is 10.2 Å². The first-order valence-electron chi connectivity index (χ1n) is 4.88. The van der Waals surface area contributed by atoms with Crippen LogP contribution >= 0.6 is 11.8 Å². The summed E-state index contributed by atoms with van der Waals surface area (Å²) in [5.41, 5.74) is 6.86. The number of aromatic nitrogens is 5. The van der Waals surface area contributed by atoms with Crippen LogP contribution < -0.4 is 5.73 Å². The highest BCUT2D eigenvalue weighted by Crippen LogP contribution is 2.22. The van der Waals surface area contributed by atoms with Crippen molar-refractivity contribution < 1.29 is 0 Å². The van der Waals surface area contributed by atoms with E-state index in [1.807, 2.05) is 28.8 Å². The Morgan fingerprint density at radius 2 is 1.94 bits per heavy atom. The van der Waals surface area contributed by atoms with Gasteiger partial charge in [-0.3, -0.25) is 4.40 Å². The van der Waals surface area contributed by atoms with E-state index in [0.717, 1.165) is 10.8 Å². The predicted octanol–water partition coefficient (Wildman–Crippen LogP) is 1.25. The number of nitrogen functional groups attached to an aromatic ring is 1. The van der Waals surface area contributed by atoms with Crippen molar-refractivity contribution in [2.45, 2.75) is 10.3 Å². The van der Waals surface area contributed by atoms with Crippen LogP contribution in [0.1, 0.15) is 0 Å². The van der Waals surface area contributed by atoms with Crippen molar-refractivity contribution in [1.82, 2.24) is 24.6 Å². The molecular weight excluding hydrogens is 236 g/mol. The van der Waals surface area contributed by atoms with Gasteiger partial charge in [0.1, 0.15) is 0 Å². The zero-order valence-corrected chi connectivity index (χ0v) is 9.50. The van der Waals surface area contributed by atoms with Gasteiger partial charge in [-0.1, -0.05) is 6.07 Å². The fourth-order valence-corrected chi connectivity index (χ4v) is 2.06. The first-order chi connectivity index (χ1) is 8.33. The summed E-state index contributed by atoms with van der Waals surface area (Å²) in [6.45, 7) is 0. The highest BCUT2D eigenvalue weighted by molar-refractivity contribution is 7.99. The van der Waals surface area contributed by atoms with Crippen LogP contribution in [-0.4, -0.2) is 24.6 Å². The topological polar surface area (TPSA) is 82.0 Å². The van der Waals surface area contributed by atoms with Crippen LogP contribution in [-0.2, 0) is 0 Å². The lowest BCUT2D eigenvalue weighted by atomic mass is 10.5. The van der Waals surface area contributed by atoms with Crippen LogP contribution in [0.15, 0.2) is 47.1 Å². The fourth-order valence-electron chi connectivity index (χ4n) is 1.35.